The predicted molar refractivity (Wildman–Crippen MR) is 111 cm³/mol. The Bertz CT molecular complexity index is 907. The van der Waals surface area contributed by atoms with E-state index in [2.05, 4.69) is 39.0 Å². The molecule has 0 radical (unpaired) electrons. The van der Waals surface area contributed by atoms with Crippen LogP contribution in [0.4, 0.5) is 0 Å². The molecule has 2 atom stereocenters. The molecule has 2 unspecified atom stereocenters. The number of nitrogens with zero attached hydrogens (tertiary/aromatic N) is 1. The standard InChI is InChI=1S/C23H24BrNO3/c24-18-4-3-15-11-19(12-17(15)10-18)25-8-7-16-13-20(5-6-22(16)23(25)26)28-14-21-2-1-9-27-21/h3-6,10,13,19,21H,1-2,7-9,11-12,14H2. The fourth-order valence-corrected chi connectivity index (χ4v) is 5.08. The van der Waals surface area contributed by atoms with Crippen LogP contribution < -0.4 is 4.74 Å². The number of halogens is 1. The summed E-state index contributed by atoms with van der Waals surface area (Å²) in [4.78, 5) is 15.2. The Labute approximate surface area is 174 Å². The maximum Gasteiger partial charge on any atom is 0.254 e. The molecular weight excluding hydrogens is 418 g/mol. The van der Waals surface area contributed by atoms with Crippen LogP contribution in [-0.4, -0.2) is 42.7 Å². The van der Waals surface area contributed by atoms with Crippen LogP contribution in [0.5, 0.6) is 5.75 Å². The highest BCUT2D eigenvalue weighted by Crippen LogP contribution is 2.32. The van der Waals surface area contributed by atoms with Gasteiger partial charge in [-0.1, -0.05) is 22.0 Å². The second-order valence-electron chi connectivity index (χ2n) is 7.99. The van der Waals surface area contributed by atoms with Gasteiger partial charge in [-0.15, -0.1) is 0 Å². The van der Waals surface area contributed by atoms with Crippen molar-refractivity contribution < 1.29 is 14.3 Å². The van der Waals surface area contributed by atoms with Crippen LogP contribution in [0.2, 0.25) is 0 Å². The van der Waals surface area contributed by atoms with Gasteiger partial charge in [0, 0.05) is 29.2 Å². The molecule has 2 aromatic rings. The van der Waals surface area contributed by atoms with E-state index in [1.807, 2.05) is 18.2 Å². The molecule has 0 N–H and O–H groups in total. The van der Waals surface area contributed by atoms with Gasteiger partial charge >= 0.3 is 0 Å². The number of carbonyl (C=O) groups excluding carboxylic acids is 1. The van der Waals surface area contributed by atoms with Crippen LogP contribution in [0.25, 0.3) is 0 Å². The van der Waals surface area contributed by atoms with E-state index in [4.69, 9.17) is 9.47 Å². The predicted octanol–water partition coefficient (Wildman–Crippen LogP) is 4.17. The van der Waals surface area contributed by atoms with Crippen molar-refractivity contribution in [2.45, 2.75) is 44.2 Å². The highest BCUT2D eigenvalue weighted by molar-refractivity contribution is 9.10. The lowest BCUT2D eigenvalue weighted by Gasteiger charge is -2.33. The van der Waals surface area contributed by atoms with Gasteiger partial charge < -0.3 is 14.4 Å². The van der Waals surface area contributed by atoms with E-state index >= 15 is 0 Å². The van der Waals surface area contributed by atoms with Gasteiger partial charge in [0.05, 0.1) is 6.10 Å². The zero-order chi connectivity index (χ0) is 19.1. The van der Waals surface area contributed by atoms with E-state index in [0.29, 0.717) is 6.61 Å². The van der Waals surface area contributed by atoms with Gasteiger partial charge in [-0.05, 0) is 79.1 Å². The summed E-state index contributed by atoms with van der Waals surface area (Å²) in [7, 11) is 0. The number of rotatable bonds is 4. The van der Waals surface area contributed by atoms with Crippen molar-refractivity contribution in [2.24, 2.45) is 0 Å². The van der Waals surface area contributed by atoms with Crippen molar-refractivity contribution in [3.05, 3.63) is 63.1 Å². The molecule has 5 heteroatoms. The monoisotopic (exact) mass is 441 g/mol. The summed E-state index contributed by atoms with van der Waals surface area (Å²) in [5, 5.41) is 0. The summed E-state index contributed by atoms with van der Waals surface area (Å²) in [6, 6.07) is 12.6. The Morgan fingerprint density at radius 1 is 1.11 bits per heavy atom. The molecule has 0 aromatic heterocycles. The molecule has 28 heavy (non-hydrogen) atoms. The molecule has 0 saturated carbocycles. The number of carbonyl (C=O) groups is 1. The molecule has 1 fully saturated rings. The Hall–Kier alpha value is -1.85. The zero-order valence-corrected chi connectivity index (χ0v) is 17.4. The summed E-state index contributed by atoms with van der Waals surface area (Å²) < 4.78 is 12.6. The number of benzene rings is 2. The highest BCUT2D eigenvalue weighted by atomic mass is 79.9. The fraction of sp³-hybridized carbons (Fsp3) is 0.435. The highest BCUT2D eigenvalue weighted by Gasteiger charge is 2.34. The molecule has 1 saturated heterocycles. The molecule has 0 bridgehead atoms. The third-order valence-electron chi connectivity index (χ3n) is 6.17. The summed E-state index contributed by atoms with van der Waals surface area (Å²) in [5.41, 5.74) is 4.65. The second-order valence-corrected chi connectivity index (χ2v) is 8.90. The van der Waals surface area contributed by atoms with Crippen LogP contribution >= 0.6 is 15.9 Å². The van der Waals surface area contributed by atoms with Crippen molar-refractivity contribution in [2.75, 3.05) is 19.8 Å². The molecule has 0 spiro atoms. The van der Waals surface area contributed by atoms with Crippen molar-refractivity contribution >= 4 is 21.8 Å². The van der Waals surface area contributed by atoms with E-state index in [1.165, 1.54) is 11.1 Å². The molecule has 2 heterocycles. The largest absolute Gasteiger partial charge is 0.491 e. The van der Waals surface area contributed by atoms with Gasteiger partial charge in [0.2, 0.25) is 0 Å². The Balaban J connectivity index is 1.28. The molecule has 1 amide bonds. The lowest BCUT2D eigenvalue weighted by atomic mass is 9.96. The molecular formula is C23H24BrNO3. The normalized spacial score (nSPS) is 23.6. The number of fused-ring (bicyclic) bond motifs is 2. The van der Waals surface area contributed by atoms with Gasteiger partial charge in [0.1, 0.15) is 12.4 Å². The third-order valence-corrected chi connectivity index (χ3v) is 6.66. The first-order chi connectivity index (χ1) is 13.7. The summed E-state index contributed by atoms with van der Waals surface area (Å²) in [6.07, 6.45) is 5.17. The van der Waals surface area contributed by atoms with Gasteiger partial charge in [-0.25, -0.2) is 0 Å². The average Bonchev–Trinajstić information content (AvgIpc) is 3.35. The summed E-state index contributed by atoms with van der Waals surface area (Å²) >= 11 is 3.55. The smallest absolute Gasteiger partial charge is 0.254 e. The minimum absolute atomic E-state index is 0.156. The maximum atomic E-state index is 13.2. The molecule has 3 aliphatic rings. The first-order valence-corrected chi connectivity index (χ1v) is 10.9. The van der Waals surface area contributed by atoms with Crippen LogP contribution in [0.3, 0.4) is 0 Å². The number of ether oxygens (including phenoxy) is 2. The van der Waals surface area contributed by atoms with Crippen LogP contribution in [-0.2, 0) is 24.0 Å². The Morgan fingerprint density at radius 2 is 2.00 bits per heavy atom. The molecule has 1 aliphatic carbocycles. The molecule has 4 nitrogen and oxygen atoms in total. The third kappa shape index (κ3) is 3.46. The first-order valence-electron chi connectivity index (χ1n) is 10.1. The van der Waals surface area contributed by atoms with Gasteiger partial charge in [-0.3, -0.25) is 4.79 Å². The van der Waals surface area contributed by atoms with E-state index in [-0.39, 0.29) is 18.1 Å². The van der Waals surface area contributed by atoms with Gasteiger partial charge in [-0.2, -0.15) is 0 Å². The molecule has 146 valence electrons. The lowest BCUT2D eigenvalue weighted by molar-refractivity contribution is 0.0657. The quantitative estimate of drug-likeness (QED) is 0.714. The zero-order valence-electron chi connectivity index (χ0n) is 15.8. The van der Waals surface area contributed by atoms with Crippen molar-refractivity contribution in [3.63, 3.8) is 0 Å². The molecule has 2 aromatic carbocycles. The second kappa shape index (κ2) is 7.53. The minimum Gasteiger partial charge on any atom is -0.491 e. The Kier molecular flexibility index (Phi) is 4.89. The van der Waals surface area contributed by atoms with E-state index < -0.39 is 0 Å². The number of amides is 1. The SMILES string of the molecule is O=C1c2ccc(OCC3CCCO3)cc2CCN1C1Cc2ccc(Br)cc2C1. The van der Waals surface area contributed by atoms with E-state index in [1.54, 1.807) is 0 Å². The lowest BCUT2D eigenvalue weighted by Crippen LogP contribution is -2.45. The van der Waals surface area contributed by atoms with Crippen LogP contribution in [0.1, 0.15) is 39.9 Å². The van der Waals surface area contributed by atoms with Crippen molar-refractivity contribution in [1.29, 1.82) is 0 Å². The number of hydrogen-bond acceptors (Lipinski definition) is 3. The fourth-order valence-electron chi connectivity index (χ4n) is 4.67. The summed E-state index contributed by atoms with van der Waals surface area (Å²) in [5.74, 6) is 0.998. The van der Waals surface area contributed by atoms with Crippen LogP contribution in [0, 0.1) is 0 Å². The van der Waals surface area contributed by atoms with Crippen LogP contribution in [0.15, 0.2) is 40.9 Å². The first kappa shape index (κ1) is 18.2. The van der Waals surface area contributed by atoms with Gasteiger partial charge in [0.15, 0.2) is 0 Å². The van der Waals surface area contributed by atoms with Gasteiger partial charge in [0.25, 0.3) is 5.91 Å². The minimum atomic E-state index is 0.156. The van der Waals surface area contributed by atoms with Crippen molar-refractivity contribution in [1.82, 2.24) is 4.90 Å². The van der Waals surface area contributed by atoms with E-state index in [9.17, 15) is 4.79 Å². The topological polar surface area (TPSA) is 38.8 Å². The van der Waals surface area contributed by atoms with E-state index in [0.717, 1.165) is 66.6 Å². The molecule has 5 rings (SSSR count). The molecule has 2 aliphatic heterocycles. The number of hydrogen-bond donors (Lipinski definition) is 0. The van der Waals surface area contributed by atoms with Crippen molar-refractivity contribution in [3.8, 4) is 5.75 Å². The maximum absolute atomic E-state index is 13.2. The average molecular weight is 442 g/mol. The Morgan fingerprint density at radius 3 is 2.86 bits per heavy atom. The summed E-state index contributed by atoms with van der Waals surface area (Å²) in [6.45, 7) is 2.21.